The van der Waals surface area contributed by atoms with E-state index in [4.69, 9.17) is 0 Å². The number of rotatable bonds is 0. The molecule has 1 aromatic carbocycles. The van der Waals surface area contributed by atoms with Crippen LogP contribution in [0.4, 0.5) is 5.69 Å². The topological polar surface area (TPSA) is 15.3 Å². The molecule has 2 atom stereocenters. The highest BCUT2D eigenvalue weighted by Gasteiger charge is 2.41. The zero-order valence-electron chi connectivity index (χ0n) is 11.5. The lowest BCUT2D eigenvalue weighted by molar-refractivity contribution is 0.495. The summed E-state index contributed by atoms with van der Waals surface area (Å²) in [5.74, 6) is 0.623. The van der Waals surface area contributed by atoms with E-state index < -0.39 is 0 Å². The smallest absolute Gasteiger partial charge is 0.0487 e. The summed E-state index contributed by atoms with van der Waals surface area (Å²) in [5, 5.41) is 3.72. The van der Waals surface area contributed by atoms with Gasteiger partial charge in [-0.1, -0.05) is 36.4 Å². The number of allylic oxidation sites excluding steroid dienone is 5. The molecule has 0 aromatic heterocycles. The summed E-state index contributed by atoms with van der Waals surface area (Å²) in [6.07, 6.45) is 9.30. The number of benzene rings is 1. The second-order valence-electron chi connectivity index (χ2n) is 6.18. The molecular formula is C18H18N2. The number of fused-ring (bicyclic) bond motifs is 2. The van der Waals surface area contributed by atoms with Crippen molar-refractivity contribution >= 4 is 5.69 Å². The number of hydrogen-bond donors (Lipinski definition) is 1. The van der Waals surface area contributed by atoms with Crippen LogP contribution in [0.25, 0.3) is 0 Å². The lowest BCUT2D eigenvalue weighted by Crippen LogP contribution is -2.47. The molecule has 2 nitrogen and oxygen atoms in total. The Labute approximate surface area is 119 Å². The molecule has 100 valence electrons. The predicted molar refractivity (Wildman–Crippen MR) is 81.6 cm³/mol. The lowest BCUT2D eigenvalue weighted by Gasteiger charge is -2.36. The maximum absolute atomic E-state index is 3.72. The van der Waals surface area contributed by atoms with Crippen molar-refractivity contribution in [2.75, 3.05) is 18.0 Å². The highest BCUT2D eigenvalue weighted by molar-refractivity contribution is 5.68. The Bertz CT molecular complexity index is 680. The SMILES string of the molecule is C1=C[C@@H]2C[C@H]3NCCN4C3=C2C(=C1)Cc1ccccc14. The maximum Gasteiger partial charge on any atom is 0.0487 e. The molecule has 0 spiro atoms. The summed E-state index contributed by atoms with van der Waals surface area (Å²) in [6.45, 7) is 2.18. The van der Waals surface area contributed by atoms with Crippen molar-refractivity contribution in [3.05, 3.63) is 64.9 Å². The monoisotopic (exact) mass is 262 g/mol. The molecule has 2 aliphatic heterocycles. The average Bonchev–Trinajstić information content (AvgIpc) is 2.79. The van der Waals surface area contributed by atoms with Gasteiger partial charge >= 0.3 is 0 Å². The molecule has 2 heterocycles. The molecule has 0 bridgehead atoms. The van der Waals surface area contributed by atoms with E-state index in [-0.39, 0.29) is 0 Å². The molecule has 2 aliphatic carbocycles. The van der Waals surface area contributed by atoms with Gasteiger partial charge in [0.2, 0.25) is 0 Å². The second-order valence-corrected chi connectivity index (χ2v) is 6.18. The van der Waals surface area contributed by atoms with Gasteiger partial charge in [-0.15, -0.1) is 0 Å². The zero-order valence-corrected chi connectivity index (χ0v) is 11.5. The third kappa shape index (κ3) is 1.32. The van der Waals surface area contributed by atoms with Crippen molar-refractivity contribution in [1.82, 2.24) is 5.32 Å². The van der Waals surface area contributed by atoms with Crippen molar-refractivity contribution < 1.29 is 0 Å². The highest BCUT2D eigenvalue weighted by atomic mass is 15.2. The number of hydrogen-bond acceptors (Lipinski definition) is 2. The first-order valence-electron chi connectivity index (χ1n) is 7.62. The normalized spacial score (nSPS) is 29.8. The third-order valence-corrected chi connectivity index (χ3v) is 5.13. The molecule has 0 radical (unpaired) electrons. The fourth-order valence-electron chi connectivity index (χ4n) is 4.35. The van der Waals surface area contributed by atoms with E-state index in [9.17, 15) is 0 Å². The van der Waals surface area contributed by atoms with Crippen LogP contribution < -0.4 is 10.2 Å². The summed E-state index contributed by atoms with van der Waals surface area (Å²) >= 11 is 0. The van der Waals surface area contributed by atoms with Crippen LogP contribution in [0.5, 0.6) is 0 Å². The van der Waals surface area contributed by atoms with Gasteiger partial charge in [0, 0.05) is 36.4 Å². The molecule has 0 saturated carbocycles. The Morgan fingerprint density at radius 3 is 3.15 bits per heavy atom. The molecule has 1 N–H and O–H groups in total. The Morgan fingerprint density at radius 2 is 2.15 bits per heavy atom. The molecule has 1 aromatic rings. The first-order chi connectivity index (χ1) is 9.92. The molecule has 1 fully saturated rings. The summed E-state index contributed by atoms with van der Waals surface area (Å²) < 4.78 is 0. The number of anilines is 1. The van der Waals surface area contributed by atoms with Crippen molar-refractivity contribution in [3.63, 3.8) is 0 Å². The fraction of sp³-hybridized carbons (Fsp3) is 0.333. The fourth-order valence-corrected chi connectivity index (χ4v) is 4.35. The van der Waals surface area contributed by atoms with Gasteiger partial charge in [0.05, 0.1) is 0 Å². The zero-order chi connectivity index (χ0) is 13.1. The van der Waals surface area contributed by atoms with Gasteiger partial charge < -0.3 is 10.2 Å². The van der Waals surface area contributed by atoms with Crippen LogP contribution in [0.1, 0.15) is 12.0 Å². The number of para-hydroxylation sites is 1. The minimum Gasteiger partial charge on any atom is -0.342 e. The Hall–Kier alpha value is -1.80. The Balaban J connectivity index is 1.79. The number of nitrogens with zero attached hydrogens (tertiary/aromatic N) is 1. The molecule has 0 amide bonds. The van der Waals surface area contributed by atoms with Crippen molar-refractivity contribution in [3.8, 4) is 0 Å². The van der Waals surface area contributed by atoms with Crippen LogP contribution in [0, 0.1) is 5.92 Å². The van der Waals surface area contributed by atoms with E-state index in [1.807, 2.05) is 0 Å². The molecule has 2 heteroatoms. The first-order valence-corrected chi connectivity index (χ1v) is 7.62. The van der Waals surface area contributed by atoms with Gasteiger partial charge in [0.15, 0.2) is 0 Å². The van der Waals surface area contributed by atoms with E-state index in [0.717, 1.165) is 19.5 Å². The van der Waals surface area contributed by atoms with Crippen LogP contribution in [0.15, 0.2) is 59.3 Å². The largest absolute Gasteiger partial charge is 0.342 e. The van der Waals surface area contributed by atoms with Crippen molar-refractivity contribution in [1.29, 1.82) is 0 Å². The average molecular weight is 262 g/mol. The molecule has 1 saturated heterocycles. The van der Waals surface area contributed by atoms with E-state index in [1.54, 1.807) is 11.3 Å². The quantitative estimate of drug-likeness (QED) is 0.773. The van der Waals surface area contributed by atoms with E-state index >= 15 is 0 Å². The summed E-state index contributed by atoms with van der Waals surface area (Å²) in [6, 6.07) is 9.48. The van der Waals surface area contributed by atoms with Crippen LogP contribution in [-0.4, -0.2) is 19.1 Å². The van der Waals surface area contributed by atoms with Gasteiger partial charge in [-0.2, -0.15) is 0 Å². The summed E-state index contributed by atoms with van der Waals surface area (Å²) in [5.41, 5.74) is 7.61. The minimum absolute atomic E-state index is 0.543. The van der Waals surface area contributed by atoms with Gasteiger partial charge in [-0.05, 0) is 35.6 Å². The molecule has 20 heavy (non-hydrogen) atoms. The van der Waals surface area contributed by atoms with Crippen LogP contribution in [-0.2, 0) is 6.42 Å². The third-order valence-electron chi connectivity index (χ3n) is 5.13. The van der Waals surface area contributed by atoms with Crippen LogP contribution in [0.3, 0.4) is 0 Å². The highest BCUT2D eigenvalue weighted by Crippen LogP contribution is 2.47. The van der Waals surface area contributed by atoms with Gasteiger partial charge in [-0.3, -0.25) is 0 Å². The molecular weight excluding hydrogens is 244 g/mol. The Kier molecular flexibility index (Phi) is 2.11. The van der Waals surface area contributed by atoms with E-state index in [1.165, 1.54) is 23.2 Å². The molecule has 5 rings (SSSR count). The van der Waals surface area contributed by atoms with Gasteiger partial charge in [-0.25, -0.2) is 0 Å². The van der Waals surface area contributed by atoms with E-state index in [2.05, 4.69) is 52.7 Å². The number of piperazine rings is 1. The predicted octanol–water partition coefficient (Wildman–Crippen LogP) is 2.79. The van der Waals surface area contributed by atoms with Gasteiger partial charge in [0.1, 0.15) is 0 Å². The first kappa shape index (κ1) is 10.9. The minimum atomic E-state index is 0.543. The van der Waals surface area contributed by atoms with E-state index in [0.29, 0.717) is 12.0 Å². The Morgan fingerprint density at radius 1 is 1.20 bits per heavy atom. The van der Waals surface area contributed by atoms with Crippen LogP contribution >= 0.6 is 0 Å². The van der Waals surface area contributed by atoms with Crippen LogP contribution in [0.2, 0.25) is 0 Å². The maximum atomic E-state index is 3.72. The van der Waals surface area contributed by atoms with Crippen molar-refractivity contribution in [2.24, 2.45) is 5.92 Å². The standard InChI is InChI=1S/C18H18N2/c1-2-7-16-12(4-1)10-13-5-3-6-14-11-15-18(17(13)14)20(16)9-8-19-15/h1-7,14-15,19H,8-11H2/t14-,15-/m1/s1. The summed E-state index contributed by atoms with van der Waals surface area (Å²) in [4.78, 5) is 2.59. The molecule has 4 aliphatic rings. The van der Waals surface area contributed by atoms with Gasteiger partial charge in [0.25, 0.3) is 0 Å². The lowest BCUT2D eigenvalue weighted by atomic mass is 9.87. The molecule has 0 unspecified atom stereocenters. The number of nitrogens with one attached hydrogen (secondary N) is 1. The summed E-state index contributed by atoms with van der Waals surface area (Å²) in [7, 11) is 0. The second kappa shape index (κ2) is 3.86. The van der Waals surface area contributed by atoms with Crippen molar-refractivity contribution in [2.45, 2.75) is 18.9 Å².